The summed E-state index contributed by atoms with van der Waals surface area (Å²) in [6, 6.07) is 0. The third kappa shape index (κ3) is 2.96. The van der Waals surface area contributed by atoms with Gasteiger partial charge in [0, 0.05) is 6.42 Å². The van der Waals surface area contributed by atoms with Crippen molar-refractivity contribution in [1.82, 2.24) is 10.6 Å². The molecule has 1 heterocycles. The van der Waals surface area contributed by atoms with Crippen LogP contribution in [0.4, 0.5) is 0 Å². The van der Waals surface area contributed by atoms with Crippen molar-refractivity contribution in [3.8, 4) is 0 Å². The normalized spacial score (nSPS) is 20.4. The molecule has 1 aliphatic rings. The van der Waals surface area contributed by atoms with Crippen molar-refractivity contribution in [3.05, 3.63) is 0 Å². The van der Waals surface area contributed by atoms with Crippen LogP contribution in [0.1, 0.15) is 6.42 Å². The lowest BCUT2D eigenvalue weighted by molar-refractivity contribution is -0.135. The molecule has 0 radical (unpaired) electrons. The summed E-state index contributed by atoms with van der Waals surface area (Å²) in [4.78, 5) is 27.0. The molecule has 7 nitrogen and oxygen atoms in total. The zero-order chi connectivity index (χ0) is 8.48. The molecule has 0 unspecified atom stereocenters. The van der Waals surface area contributed by atoms with E-state index in [0.29, 0.717) is 0 Å². The summed E-state index contributed by atoms with van der Waals surface area (Å²) in [7, 11) is -4.53. The Labute approximate surface area is 62.1 Å². The van der Waals surface area contributed by atoms with Gasteiger partial charge >= 0.3 is 7.82 Å². The van der Waals surface area contributed by atoms with E-state index in [-0.39, 0.29) is 18.9 Å². The second-order valence-corrected chi connectivity index (χ2v) is 3.10. The van der Waals surface area contributed by atoms with Crippen LogP contribution in [0.25, 0.3) is 0 Å². The number of rotatable bonds is 2. The van der Waals surface area contributed by atoms with Gasteiger partial charge in [-0.05, 0) is 0 Å². The molecular formula is C3H7N2O5P. The van der Waals surface area contributed by atoms with Gasteiger partial charge in [-0.15, -0.1) is 0 Å². The van der Waals surface area contributed by atoms with Gasteiger partial charge in [0.15, 0.2) is 0 Å². The number of nitrogens with one attached hydrogen (secondary N) is 1. The van der Waals surface area contributed by atoms with Crippen LogP contribution in [0.15, 0.2) is 0 Å². The molecule has 3 N–H and O–H groups in total. The molecular weight excluding hydrogens is 175 g/mol. The SMILES string of the molecule is O=C1CCN(OP(=O)(O)O)N1. The van der Waals surface area contributed by atoms with E-state index >= 15 is 0 Å². The molecule has 8 heteroatoms. The van der Waals surface area contributed by atoms with Crippen molar-refractivity contribution in [2.75, 3.05) is 6.54 Å². The number of carbonyl (C=O) groups excluding carboxylic acids is 1. The monoisotopic (exact) mass is 182 g/mol. The van der Waals surface area contributed by atoms with Gasteiger partial charge in [0.1, 0.15) is 0 Å². The molecule has 0 aromatic carbocycles. The molecule has 1 aliphatic heterocycles. The van der Waals surface area contributed by atoms with Crippen molar-refractivity contribution >= 4 is 13.7 Å². The Kier molecular flexibility index (Phi) is 2.26. The number of nitrogens with zero attached hydrogens (tertiary/aromatic N) is 1. The van der Waals surface area contributed by atoms with Crippen LogP contribution >= 0.6 is 7.82 Å². The van der Waals surface area contributed by atoms with Gasteiger partial charge in [-0.25, -0.2) is 4.57 Å². The summed E-state index contributed by atoms with van der Waals surface area (Å²) < 4.78 is 14.2. The molecule has 1 fully saturated rings. The molecule has 11 heavy (non-hydrogen) atoms. The van der Waals surface area contributed by atoms with Gasteiger partial charge in [-0.3, -0.25) is 10.2 Å². The number of carbonyl (C=O) groups is 1. The number of hydrazine groups is 1. The van der Waals surface area contributed by atoms with E-state index < -0.39 is 7.82 Å². The third-order valence-corrected chi connectivity index (χ3v) is 1.41. The van der Waals surface area contributed by atoms with Gasteiger partial charge in [0.2, 0.25) is 5.91 Å². The highest BCUT2D eigenvalue weighted by molar-refractivity contribution is 7.46. The fourth-order valence-electron chi connectivity index (χ4n) is 0.644. The Bertz CT molecular complexity index is 212. The smallest absolute Gasteiger partial charge is 0.302 e. The quantitative estimate of drug-likeness (QED) is 0.461. The van der Waals surface area contributed by atoms with Gasteiger partial charge in [0.05, 0.1) is 6.54 Å². The Balaban J connectivity index is 2.40. The van der Waals surface area contributed by atoms with Crippen LogP contribution in [0.2, 0.25) is 0 Å². The first-order chi connectivity index (χ1) is 4.97. The summed E-state index contributed by atoms with van der Waals surface area (Å²) in [5, 5.41) is 0.725. The van der Waals surface area contributed by atoms with Crippen molar-refractivity contribution in [3.63, 3.8) is 0 Å². The molecule has 0 spiro atoms. The molecule has 0 aromatic rings. The molecule has 0 atom stereocenters. The predicted octanol–water partition coefficient (Wildman–Crippen LogP) is -1.25. The molecule has 0 bridgehead atoms. The fraction of sp³-hybridized carbons (Fsp3) is 0.667. The van der Waals surface area contributed by atoms with E-state index in [9.17, 15) is 9.36 Å². The number of phosphoric acid groups is 1. The lowest BCUT2D eigenvalue weighted by Gasteiger charge is -2.13. The molecule has 1 rings (SSSR count). The minimum atomic E-state index is -4.53. The summed E-state index contributed by atoms with van der Waals surface area (Å²) >= 11 is 0. The Hall–Kier alpha value is -0.460. The molecule has 1 amide bonds. The first-order valence-electron chi connectivity index (χ1n) is 2.80. The summed E-state index contributed by atoms with van der Waals surface area (Å²) in [6.07, 6.45) is 0.181. The van der Waals surface area contributed by atoms with Gasteiger partial charge < -0.3 is 9.79 Å². The van der Waals surface area contributed by atoms with Crippen molar-refractivity contribution < 1.29 is 23.8 Å². The van der Waals surface area contributed by atoms with E-state index in [2.05, 4.69) is 10.1 Å². The number of hydrogen-bond donors (Lipinski definition) is 3. The van der Waals surface area contributed by atoms with Crippen LogP contribution in [0.3, 0.4) is 0 Å². The fourth-order valence-corrected chi connectivity index (χ4v) is 1.02. The summed E-state index contributed by atoms with van der Waals surface area (Å²) in [6.45, 7) is 0.143. The van der Waals surface area contributed by atoms with Gasteiger partial charge in [0.25, 0.3) is 0 Å². The topological polar surface area (TPSA) is 99.1 Å². The molecule has 0 saturated carbocycles. The van der Waals surface area contributed by atoms with Crippen LogP contribution in [0.5, 0.6) is 0 Å². The maximum absolute atomic E-state index is 10.5. The second-order valence-electron chi connectivity index (χ2n) is 1.96. The van der Waals surface area contributed by atoms with E-state index in [0.717, 1.165) is 5.17 Å². The number of amides is 1. The first-order valence-corrected chi connectivity index (χ1v) is 4.33. The lowest BCUT2D eigenvalue weighted by atomic mass is 10.5. The van der Waals surface area contributed by atoms with Crippen molar-refractivity contribution in [2.24, 2.45) is 0 Å². The molecule has 0 aromatic heterocycles. The van der Waals surface area contributed by atoms with Crippen molar-refractivity contribution in [1.29, 1.82) is 0 Å². The molecule has 64 valence electrons. The average molecular weight is 182 g/mol. The van der Waals surface area contributed by atoms with Gasteiger partial charge in [-0.2, -0.15) is 4.62 Å². The largest absolute Gasteiger partial charge is 0.487 e. The maximum atomic E-state index is 10.5. The second kappa shape index (κ2) is 2.88. The zero-order valence-electron chi connectivity index (χ0n) is 5.43. The summed E-state index contributed by atoms with van der Waals surface area (Å²) in [5.41, 5.74) is 2.09. The summed E-state index contributed by atoms with van der Waals surface area (Å²) in [5.74, 6) is -0.321. The van der Waals surface area contributed by atoms with Crippen LogP contribution in [0, 0.1) is 0 Å². The standard InChI is InChI=1S/C3H7N2O5P/c6-3-1-2-5(4-3)10-11(7,8)9/h1-2H2,(H,4,6)(H2,7,8,9). The average Bonchev–Trinajstić information content (AvgIpc) is 2.10. The number of hydrogen-bond acceptors (Lipinski definition) is 4. The predicted molar refractivity (Wildman–Crippen MR) is 32.6 cm³/mol. The van der Waals surface area contributed by atoms with Crippen molar-refractivity contribution in [2.45, 2.75) is 6.42 Å². The minimum Gasteiger partial charge on any atom is -0.302 e. The highest BCUT2D eigenvalue weighted by Gasteiger charge is 2.26. The van der Waals surface area contributed by atoms with E-state index in [1.165, 1.54) is 0 Å². The van der Waals surface area contributed by atoms with Crippen LogP contribution < -0.4 is 5.43 Å². The highest BCUT2D eigenvalue weighted by Crippen LogP contribution is 2.36. The Morgan fingerprint density at radius 2 is 2.27 bits per heavy atom. The maximum Gasteiger partial charge on any atom is 0.487 e. The molecule has 1 saturated heterocycles. The number of hydroxylamine groups is 1. The zero-order valence-corrected chi connectivity index (χ0v) is 6.32. The highest BCUT2D eigenvalue weighted by atomic mass is 31.2. The minimum absolute atomic E-state index is 0.143. The Morgan fingerprint density at radius 3 is 2.64 bits per heavy atom. The van der Waals surface area contributed by atoms with E-state index in [1.54, 1.807) is 0 Å². The van der Waals surface area contributed by atoms with E-state index in [1.807, 2.05) is 0 Å². The first kappa shape index (κ1) is 8.63. The van der Waals surface area contributed by atoms with Crippen LogP contribution in [-0.4, -0.2) is 27.4 Å². The third-order valence-electron chi connectivity index (χ3n) is 0.996. The van der Waals surface area contributed by atoms with Gasteiger partial charge in [-0.1, -0.05) is 5.17 Å². The van der Waals surface area contributed by atoms with E-state index in [4.69, 9.17) is 9.79 Å². The Morgan fingerprint density at radius 1 is 1.64 bits per heavy atom. The lowest BCUT2D eigenvalue weighted by Crippen LogP contribution is -2.32. The molecule has 0 aliphatic carbocycles. The van der Waals surface area contributed by atoms with Crippen LogP contribution in [-0.2, 0) is 14.0 Å².